The van der Waals surface area contributed by atoms with Crippen molar-refractivity contribution < 1.29 is 17.9 Å². The smallest absolute Gasteiger partial charge is 0.255 e. The maximum atomic E-state index is 13.4. The second-order valence-electron chi connectivity index (χ2n) is 7.85. The zero-order valence-electron chi connectivity index (χ0n) is 18.5. The number of nitrogens with zero attached hydrogens (tertiary/aromatic N) is 2. The molecule has 1 amide bonds. The highest BCUT2D eigenvalue weighted by atomic mass is 32.2. The number of pyridine rings is 1. The molecule has 1 unspecified atom stereocenters. The molecule has 1 N–H and O–H groups in total. The highest BCUT2D eigenvalue weighted by molar-refractivity contribution is 7.89. The van der Waals surface area contributed by atoms with Gasteiger partial charge >= 0.3 is 0 Å². The van der Waals surface area contributed by atoms with Gasteiger partial charge in [0.25, 0.3) is 5.91 Å². The summed E-state index contributed by atoms with van der Waals surface area (Å²) in [6.07, 6.45) is 5.99. The molecule has 1 atom stereocenters. The average molecular weight is 466 g/mol. The van der Waals surface area contributed by atoms with Crippen molar-refractivity contribution in [2.45, 2.75) is 37.1 Å². The molecule has 0 radical (unpaired) electrons. The second kappa shape index (κ2) is 10.1. The summed E-state index contributed by atoms with van der Waals surface area (Å²) in [5.41, 5.74) is 1.91. The number of hydrogen-bond acceptors (Lipinski definition) is 5. The van der Waals surface area contributed by atoms with Crippen LogP contribution in [0.15, 0.2) is 78.0 Å². The maximum Gasteiger partial charge on any atom is 0.255 e. The third kappa shape index (κ3) is 5.23. The lowest BCUT2D eigenvalue weighted by Crippen LogP contribution is -2.38. The lowest BCUT2D eigenvalue weighted by Gasteiger charge is -2.34. The predicted octanol–water partition coefficient (Wildman–Crippen LogP) is 4.65. The van der Waals surface area contributed by atoms with Crippen LogP contribution in [0.1, 0.15) is 48.1 Å². The Kier molecular flexibility index (Phi) is 7.05. The van der Waals surface area contributed by atoms with Crippen LogP contribution >= 0.6 is 0 Å². The molecule has 0 spiro atoms. The molecule has 2 aromatic carbocycles. The Morgan fingerprint density at radius 3 is 2.52 bits per heavy atom. The van der Waals surface area contributed by atoms with E-state index in [4.69, 9.17) is 4.74 Å². The lowest BCUT2D eigenvalue weighted by molar-refractivity contribution is 0.102. The summed E-state index contributed by atoms with van der Waals surface area (Å²) in [6.45, 7) is 2.92. The van der Waals surface area contributed by atoms with Crippen molar-refractivity contribution in [1.29, 1.82) is 0 Å². The van der Waals surface area contributed by atoms with Crippen LogP contribution in [0.25, 0.3) is 0 Å². The minimum absolute atomic E-state index is 0.206. The molecular weight excluding hydrogens is 438 g/mol. The van der Waals surface area contributed by atoms with Crippen molar-refractivity contribution in [3.05, 3.63) is 84.2 Å². The van der Waals surface area contributed by atoms with Gasteiger partial charge in [-0.05, 0) is 79.9 Å². The number of nitrogens with one attached hydrogen (secondary N) is 1. The van der Waals surface area contributed by atoms with Gasteiger partial charge in [0.1, 0.15) is 5.75 Å². The molecule has 1 aromatic heterocycles. The van der Waals surface area contributed by atoms with E-state index in [1.54, 1.807) is 53.1 Å². The first kappa shape index (κ1) is 22.9. The Bertz CT molecular complexity index is 1180. The second-order valence-corrected chi connectivity index (χ2v) is 9.74. The van der Waals surface area contributed by atoms with Crippen molar-refractivity contribution in [1.82, 2.24) is 9.29 Å². The van der Waals surface area contributed by atoms with E-state index in [-0.39, 0.29) is 16.8 Å². The number of ether oxygens (including phenoxy) is 1. The first-order valence-electron chi connectivity index (χ1n) is 11.0. The van der Waals surface area contributed by atoms with E-state index in [0.29, 0.717) is 30.2 Å². The Morgan fingerprint density at radius 2 is 1.85 bits per heavy atom. The van der Waals surface area contributed by atoms with Gasteiger partial charge in [-0.1, -0.05) is 12.5 Å². The summed E-state index contributed by atoms with van der Waals surface area (Å²) in [5, 5.41) is 2.81. The van der Waals surface area contributed by atoms with Gasteiger partial charge in [0.15, 0.2) is 0 Å². The number of hydrogen-bond donors (Lipinski definition) is 1. The van der Waals surface area contributed by atoms with E-state index in [0.717, 1.165) is 24.8 Å². The van der Waals surface area contributed by atoms with E-state index in [1.165, 1.54) is 12.1 Å². The normalized spacial score (nSPS) is 16.8. The van der Waals surface area contributed by atoms with Gasteiger partial charge in [-0.15, -0.1) is 0 Å². The van der Waals surface area contributed by atoms with Crippen molar-refractivity contribution >= 4 is 21.6 Å². The Labute approximate surface area is 194 Å². The first-order chi connectivity index (χ1) is 16.0. The Hall–Kier alpha value is -3.23. The summed E-state index contributed by atoms with van der Waals surface area (Å²) in [6, 6.07) is 16.7. The van der Waals surface area contributed by atoms with E-state index in [2.05, 4.69) is 10.3 Å². The SMILES string of the molecule is CCOc1ccc(C(=O)Nc2ccc(S(=O)(=O)N3CCCCC3c3cccnc3)cc2)cc1. The quantitative estimate of drug-likeness (QED) is 0.549. The van der Waals surface area contributed by atoms with Crippen LogP contribution in [-0.4, -0.2) is 36.8 Å². The third-order valence-corrected chi connectivity index (χ3v) is 7.59. The zero-order chi connectivity index (χ0) is 23.3. The van der Waals surface area contributed by atoms with E-state index >= 15 is 0 Å². The molecule has 1 fully saturated rings. The third-order valence-electron chi connectivity index (χ3n) is 5.67. The predicted molar refractivity (Wildman–Crippen MR) is 127 cm³/mol. The van der Waals surface area contributed by atoms with E-state index in [9.17, 15) is 13.2 Å². The zero-order valence-corrected chi connectivity index (χ0v) is 19.3. The Balaban J connectivity index is 1.49. The van der Waals surface area contributed by atoms with Gasteiger partial charge < -0.3 is 10.1 Å². The van der Waals surface area contributed by atoms with Gasteiger partial charge in [-0.25, -0.2) is 8.42 Å². The van der Waals surface area contributed by atoms with Crippen molar-refractivity contribution in [2.24, 2.45) is 0 Å². The molecule has 0 bridgehead atoms. The summed E-state index contributed by atoms with van der Waals surface area (Å²) >= 11 is 0. The molecule has 0 aliphatic carbocycles. The monoisotopic (exact) mass is 465 g/mol. The fourth-order valence-corrected chi connectivity index (χ4v) is 5.70. The Morgan fingerprint density at radius 1 is 1.09 bits per heavy atom. The fourth-order valence-electron chi connectivity index (χ4n) is 4.02. The van der Waals surface area contributed by atoms with Crippen LogP contribution in [-0.2, 0) is 10.0 Å². The van der Waals surface area contributed by atoms with Gasteiger partial charge in [0.2, 0.25) is 10.0 Å². The summed E-state index contributed by atoms with van der Waals surface area (Å²) in [5.74, 6) is 0.423. The summed E-state index contributed by atoms with van der Waals surface area (Å²) < 4.78 is 33.8. The number of benzene rings is 2. The van der Waals surface area contributed by atoms with Crippen LogP contribution < -0.4 is 10.1 Å². The van der Waals surface area contributed by atoms with Crippen molar-refractivity contribution in [2.75, 3.05) is 18.5 Å². The van der Waals surface area contributed by atoms with Crippen LogP contribution in [0.5, 0.6) is 5.75 Å². The first-order valence-corrected chi connectivity index (χ1v) is 12.5. The molecule has 3 aromatic rings. The van der Waals surface area contributed by atoms with Gasteiger partial charge in [-0.2, -0.15) is 4.31 Å². The number of aromatic nitrogens is 1. The van der Waals surface area contributed by atoms with E-state index in [1.807, 2.05) is 19.1 Å². The molecule has 8 heteroatoms. The van der Waals surface area contributed by atoms with Gasteiger partial charge in [0.05, 0.1) is 17.5 Å². The molecule has 1 aliphatic rings. The number of rotatable bonds is 7. The van der Waals surface area contributed by atoms with Gasteiger partial charge in [0, 0.05) is 30.2 Å². The molecule has 4 rings (SSSR count). The van der Waals surface area contributed by atoms with Crippen molar-refractivity contribution in [3.63, 3.8) is 0 Å². The van der Waals surface area contributed by atoms with Crippen LogP contribution in [0.3, 0.4) is 0 Å². The molecule has 0 saturated carbocycles. The topological polar surface area (TPSA) is 88.6 Å². The lowest BCUT2D eigenvalue weighted by atomic mass is 9.99. The molecule has 1 aliphatic heterocycles. The number of sulfonamides is 1. The van der Waals surface area contributed by atoms with Crippen LogP contribution in [0.4, 0.5) is 5.69 Å². The maximum absolute atomic E-state index is 13.4. The molecule has 1 saturated heterocycles. The number of carbonyl (C=O) groups excluding carboxylic acids is 1. The number of amides is 1. The van der Waals surface area contributed by atoms with E-state index < -0.39 is 10.0 Å². The molecule has 33 heavy (non-hydrogen) atoms. The minimum atomic E-state index is -3.69. The number of carbonyl (C=O) groups is 1. The average Bonchev–Trinajstić information content (AvgIpc) is 2.85. The molecular formula is C25H27N3O4S. The minimum Gasteiger partial charge on any atom is -0.494 e. The highest BCUT2D eigenvalue weighted by Crippen LogP contribution is 2.35. The molecule has 2 heterocycles. The standard InChI is InChI=1S/C25H27N3O4S/c1-2-32-22-12-8-19(9-13-22)25(29)27-21-10-14-23(15-11-21)33(30,31)28-17-4-3-7-24(28)20-6-5-16-26-18-20/h5-6,8-16,18,24H,2-4,7,17H2,1H3,(H,27,29). The number of piperidine rings is 1. The van der Waals surface area contributed by atoms with Gasteiger partial charge in [-0.3, -0.25) is 9.78 Å². The largest absolute Gasteiger partial charge is 0.494 e. The van der Waals surface area contributed by atoms with Crippen LogP contribution in [0, 0.1) is 0 Å². The van der Waals surface area contributed by atoms with Crippen LogP contribution in [0.2, 0.25) is 0 Å². The number of anilines is 1. The summed E-state index contributed by atoms with van der Waals surface area (Å²) in [7, 11) is -3.69. The molecule has 7 nitrogen and oxygen atoms in total. The highest BCUT2D eigenvalue weighted by Gasteiger charge is 2.34. The molecule has 172 valence electrons. The van der Waals surface area contributed by atoms with Crippen molar-refractivity contribution in [3.8, 4) is 5.75 Å². The fraction of sp³-hybridized carbons (Fsp3) is 0.280. The summed E-state index contributed by atoms with van der Waals surface area (Å²) in [4.78, 5) is 16.9.